The third-order valence-corrected chi connectivity index (χ3v) is 3.29. The Morgan fingerprint density at radius 2 is 0.882 bits per heavy atom. The second-order valence-electron chi connectivity index (χ2n) is 6.13. The molecule has 192 valence electrons. The largest absolute Gasteiger partial charge is 0.481 e. The van der Waals surface area contributed by atoms with Gasteiger partial charge in [-0.05, 0) is 0 Å². The molecule has 3 N–H and O–H groups in total. The van der Waals surface area contributed by atoms with Crippen LogP contribution in [0.5, 0.6) is 0 Å². The first-order valence-corrected chi connectivity index (χ1v) is 10.00. The number of hydrogen-bond donors (Lipinski definition) is 3. The summed E-state index contributed by atoms with van der Waals surface area (Å²) >= 11 is 0. The fourth-order valence-corrected chi connectivity index (χ4v) is 1.95. The van der Waals surface area contributed by atoms with Gasteiger partial charge in [0.25, 0.3) is 0 Å². The van der Waals surface area contributed by atoms with E-state index in [1.165, 1.54) is 9.80 Å². The van der Waals surface area contributed by atoms with Gasteiger partial charge in [-0.25, -0.2) is 0 Å². The van der Waals surface area contributed by atoms with Gasteiger partial charge < -0.3 is 25.3 Å². The van der Waals surface area contributed by atoms with Gasteiger partial charge >= 0.3 is 11.9 Å². The molecule has 0 aliphatic rings. The first-order chi connectivity index (χ1) is 15.6. The van der Waals surface area contributed by atoms with Crippen LogP contribution in [0.4, 0.5) is 0 Å². The summed E-state index contributed by atoms with van der Waals surface area (Å²) in [5, 5.41) is 18.5. The van der Waals surface area contributed by atoms with E-state index < -0.39 is 18.4 Å². The highest BCUT2D eigenvalue weighted by Crippen LogP contribution is 2.01. The molecule has 0 aliphatic heterocycles. The van der Waals surface area contributed by atoms with Crippen LogP contribution >= 0.6 is 0 Å². The maximum absolute atomic E-state index is 12.0. The Bertz CT molecular complexity index is 600. The molecule has 2 amide bonds. The van der Waals surface area contributed by atoms with Crippen LogP contribution < -0.4 is 5.32 Å². The summed E-state index contributed by atoms with van der Waals surface area (Å²) in [6.07, 6.45) is 9.17. The van der Waals surface area contributed by atoms with E-state index in [9.17, 15) is 19.2 Å². The molecule has 0 saturated carbocycles. The van der Waals surface area contributed by atoms with Gasteiger partial charge in [0.1, 0.15) is 12.8 Å². The fraction of sp³-hybridized carbons (Fsp3) is 0.360. The SMILES string of the molecule is C.C=CCN(CC=C)C(=O)CC(=O)N(CC=C)CC=C.C=CCNCC=C.O=C(O)CC(=O)O. The van der Waals surface area contributed by atoms with Crippen molar-refractivity contribution in [1.29, 1.82) is 0 Å². The van der Waals surface area contributed by atoms with E-state index in [0.29, 0.717) is 26.2 Å². The zero-order chi connectivity index (χ0) is 26.1. The molecule has 0 fully saturated rings. The molecular formula is C25H41N3O6. The quantitative estimate of drug-likeness (QED) is 0.176. The van der Waals surface area contributed by atoms with Crippen molar-refractivity contribution in [2.45, 2.75) is 20.3 Å². The average molecular weight is 480 g/mol. The van der Waals surface area contributed by atoms with Crippen molar-refractivity contribution < 1.29 is 29.4 Å². The van der Waals surface area contributed by atoms with Crippen molar-refractivity contribution >= 4 is 23.8 Å². The van der Waals surface area contributed by atoms with E-state index in [1.54, 1.807) is 24.3 Å². The summed E-state index contributed by atoms with van der Waals surface area (Å²) in [7, 11) is 0. The third kappa shape index (κ3) is 26.3. The van der Waals surface area contributed by atoms with Gasteiger partial charge in [0.15, 0.2) is 0 Å². The molecule has 0 aromatic carbocycles. The van der Waals surface area contributed by atoms with E-state index in [-0.39, 0.29) is 25.7 Å². The van der Waals surface area contributed by atoms with Crippen molar-refractivity contribution in [3.63, 3.8) is 0 Å². The summed E-state index contributed by atoms with van der Waals surface area (Å²) in [4.78, 5) is 45.9. The number of carboxylic acid groups (broad SMARTS) is 2. The van der Waals surface area contributed by atoms with Gasteiger partial charge in [-0.15, -0.1) is 39.5 Å². The molecule has 0 aromatic heterocycles. The Balaban J connectivity index is -0.000000247. The smallest absolute Gasteiger partial charge is 0.314 e. The Hall–Kier alpha value is -3.72. The second-order valence-corrected chi connectivity index (χ2v) is 6.13. The van der Waals surface area contributed by atoms with Crippen molar-refractivity contribution in [2.24, 2.45) is 0 Å². The Labute approximate surface area is 204 Å². The number of rotatable bonds is 16. The lowest BCUT2D eigenvalue weighted by molar-refractivity contribution is -0.147. The Kier molecular flexibility index (Phi) is 30.2. The average Bonchev–Trinajstić information content (AvgIpc) is 2.73. The van der Waals surface area contributed by atoms with Crippen LogP contribution in [0.1, 0.15) is 20.3 Å². The number of nitrogens with one attached hydrogen (secondary N) is 1. The normalized spacial score (nSPS) is 8.47. The van der Waals surface area contributed by atoms with Crippen LogP contribution in [-0.2, 0) is 19.2 Å². The number of carbonyl (C=O) groups is 4. The molecule has 0 aromatic rings. The maximum Gasteiger partial charge on any atom is 0.314 e. The molecule has 0 unspecified atom stereocenters. The number of nitrogens with zero attached hydrogens (tertiary/aromatic N) is 2. The number of aliphatic carboxylic acids is 2. The lowest BCUT2D eigenvalue weighted by Crippen LogP contribution is -2.38. The van der Waals surface area contributed by atoms with Gasteiger partial charge in [-0.2, -0.15) is 0 Å². The lowest BCUT2D eigenvalue weighted by atomic mass is 10.3. The zero-order valence-corrected chi connectivity index (χ0v) is 19.3. The summed E-state index contributed by atoms with van der Waals surface area (Å²) in [6.45, 7) is 24.8. The molecule has 0 heterocycles. The van der Waals surface area contributed by atoms with E-state index >= 15 is 0 Å². The number of carboxylic acids is 2. The Morgan fingerprint density at radius 3 is 1.06 bits per heavy atom. The first-order valence-electron chi connectivity index (χ1n) is 10.00. The van der Waals surface area contributed by atoms with E-state index in [1.807, 2.05) is 12.2 Å². The van der Waals surface area contributed by atoms with Gasteiger partial charge in [-0.1, -0.05) is 43.9 Å². The van der Waals surface area contributed by atoms with Crippen molar-refractivity contribution in [2.75, 3.05) is 39.3 Å². The van der Waals surface area contributed by atoms with Crippen molar-refractivity contribution in [3.8, 4) is 0 Å². The number of hydrogen-bond acceptors (Lipinski definition) is 5. The topological polar surface area (TPSA) is 127 Å². The first kappa shape index (κ1) is 37.6. The maximum atomic E-state index is 12.0. The van der Waals surface area contributed by atoms with Gasteiger partial charge in [0.2, 0.25) is 11.8 Å². The van der Waals surface area contributed by atoms with Crippen LogP contribution in [0.3, 0.4) is 0 Å². The van der Waals surface area contributed by atoms with E-state index in [0.717, 1.165) is 13.1 Å². The number of carbonyl (C=O) groups excluding carboxylic acids is 2. The minimum Gasteiger partial charge on any atom is -0.481 e. The molecule has 0 bridgehead atoms. The monoisotopic (exact) mass is 479 g/mol. The predicted octanol–water partition coefficient (Wildman–Crippen LogP) is 2.91. The van der Waals surface area contributed by atoms with Crippen molar-refractivity contribution in [3.05, 3.63) is 75.9 Å². The van der Waals surface area contributed by atoms with Gasteiger partial charge in [0, 0.05) is 39.3 Å². The summed E-state index contributed by atoms with van der Waals surface area (Å²) in [5.74, 6) is -3.09. The highest BCUT2D eigenvalue weighted by Gasteiger charge is 2.19. The second kappa shape index (κ2) is 27.3. The molecule has 0 atom stereocenters. The minimum absolute atomic E-state index is 0. The highest BCUT2D eigenvalue weighted by molar-refractivity contribution is 5.97. The van der Waals surface area contributed by atoms with Crippen molar-refractivity contribution in [1.82, 2.24) is 15.1 Å². The lowest BCUT2D eigenvalue weighted by Gasteiger charge is -2.22. The van der Waals surface area contributed by atoms with Crippen LogP contribution in [0.25, 0.3) is 0 Å². The summed E-state index contributed by atoms with van der Waals surface area (Å²) in [6, 6.07) is 0. The summed E-state index contributed by atoms with van der Waals surface area (Å²) < 4.78 is 0. The molecule has 0 aliphatic carbocycles. The minimum atomic E-state index is -1.31. The molecular weight excluding hydrogens is 438 g/mol. The van der Waals surface area contributed by atoms with E-state index in [4.69, 9.17) is 10.2 Å². The standard InChI is InChI=1S/C15H22N2O2.C6H11N.C3H4O4.CH4/c1-5-9-16(10-6-2)14(18)13-15(19)17(11-7-3)12-8-4;1-3-5-7-6-4-2;4-2(5)1-3(6)7;/h5-8H,1-4,9-13H2;3-4,7H,1-2,5-6H2;1H2,(H,4,5)(H,6,7);1H4. The zero-order valence-electron chi connectivity index (χ0n) is 19.3. The molecule has 0 rings (SSSR count). The van der Waals surface area contributed by atoms with Crippen LogP contribution in [-0.4, -0.2) is 83.0 Å². The number of amides is 2. The molecule has 0 saturated heterocycles. The van der Waals surface area contributed by atoms with Crippen LogP contribution in [0.15, 0.2) is 75.9 Å². The molecule has 9 heteroatoms. The van der Waals surface area contributed by atoms with Crippen LogP contribution in [0, 0.1) is 0 Å². The molecule has 9 nitrogen and oxygen atoms in total. The third-order valence-electron chi connectivity index (χ3n) is 3.29. The highest BCUT2D eigenvalue weighted by atomic mass is 16.4. The van der Waals surface area contributed by atoms with E-state index in [2.05, 4.69) is 44.8 Å². The van der Waals surface area contributed by atoms with Gasteiger partial charge in [0.05, 0.1) is 0 Å². The summed E-state index contributed by atoms with van der Waals surface area (Å²) in [5.41, 5.74) is 0. The molecule has 0 spiro atoms. The fourth-order valence-electron chi connectivity index (χ4n) is 1.95. The van der Waals surface area contributed by atoms with Gasteiger partial charge in [-0.3, -0.25) is 19.2 Å². The molecule has 0 radical (unpaired) electrons. The molecule has 34 heavy (non-hydrogen) atoms. The predicted molar refractivity (Wildman–Crippen MR) is 138 cm³/mol. The Morgan fingerprint density at radius 1 is 0.588 bits per heavy atom. The van der Waals surface area contributed by atoms with Crippen LogP contribution in [0.2, 0.25) is 0 Å².